The van der Waals surface area contributed by atoms with Crippen molar-refractivity contribution in [2.45, 2.75) is 24.5 Å². The molecule has 88 valence electrons. The molecule has 0 radical (unpaired) electrons. The molecule has 16 heavy (non-hydrogen) atoms. The number of carboxylic acids is 1. The second kappa shape index (κ2) is 3.79. The van der Waals surface area contributed by atoms with E-state index in [2.05, 4.69) is 4.98 Å². The molecule has 3 N–H and O–H groups in total. The minimum absolute atomic E-state index is 0.140. The van der Waals surface area contributed by atoms with E-state index < -0.39 is 21.7 Å². The summed E-state index contributed by atoms with van der Waals surface area (Å²) in [4.78, 5) is 15.1. The molecule has 0 amide bonds. The molecular formula is C8H10N2O4S2. The number of hydrogen-bond acceptors (Lipinski definition) is 5. The highest BCUT2D eigenvalue weighted by atomic mass is 32.2. The van der Waals surface area contributed by atoms with Gasteiger partial charge in [0.25, 0.3) is 0 Å². The van der Waals surface area contributed by atoms with Crippen molar-refractivity contribution in [2.75, 3.05) is 0 Å². The van der Waals surface area contributed by atoms with Gasteiger partial charge in [-0.05, 0) is 12.8 Å². The number of carbonyl (C=O) groups is 1. The van der Waals surface area contributed by atoms with E-state index in [0.29, 0.717) is 5.69 Å². The smallest absolute Gasteiger partial charge is 0.347 e. The van der Waals surface area contributed by atoms with E-state index in [1.54, 1.807) is 0 Å². The molecule has 1 saturated carbocycles. The molecule has 0 aliphatic heterocycles. The molecule has 0 unspecified atom stereocenters. The van der Waals surface area contributed by atoms with Gasteiger partial charge in [-0.1, -0.05) is 0 Å². The molecule has 0 spiro atoms. The van der Waals surface area contributed by atoms with E-state index in [1.807, 2.05) is 0 Å². The zero-order chi connectivity index (χ0) is 11.9. The molecule has 0 atom stereocenters. The topological polar surface area (TPSA) is 110 Å². The molecule has 8 heteroatoms. The number of carboxylic acid groups (broad SMARTS) is 1. The van der Waals surface area contributed by atoms with E-state index in [4.69, 9.17) is 10.2 Å². The summed E-state index contributed by atoms with van der Waals surface area (Å²) in [5.74, 6) is -1.28. The van der Waals surface area contributed by atoms with Crippen LogP contribution >= 0.6 is 11.3 Å². The normalized spacial score (nSPS) is 16.3. The van der Waals surface area contributed by atoms with Crippen molar-refractivity contribution in [3.05, 3.63) is 15.6 Å². The fourth-order valence-electron chi connectivity index (χ4n) is 1.40. The van der Waals surface area contributed by atoms with Crippen LogP contribution in [0, 0.1) is 0 Å². The van der Waals surface area contributed by atoms with Crippen molar-refractivity contribution in [1.29, 1.82) is 0 Å². The van der Waals surface area contributed by atoms with Crippen molar-refractivity contribution in [1.82, 2.24) is 4.98 Å². The number of thiazole rings is 1. The number of aromatic carboxylic acids is 1. The Labute approximate surface area is 96.2 Å². The maximum atomic E-state index is 10.9. The number of nitrogens with two attached hydrogens (primary N) is 1. The zero-order valence-electron chi connectivity index (χ0n) is 8.21. The molecular weight excluding hydrogens is 252 g/mol. The van der Waals surface area contributed by atoms with Gasteiger partial charge in [-0.25, -0.2) is 23.3 Å². The first kappa shape index (κ1) is 11.5. The van der Waals surface area contributed by atoms with Crippen molar-refractivity contribution in [3.63, 3.8) is 0 Å². The number of sulfonamides is 1. The second-order valence-electron chi connectivity index (χ2n) is 3.71. The summed E-state index contributed by atoms with van der Waals surface area (Å²) in [6, 6.07) is 0. The van der Waals surface area contributed by atoms with Crippen LogP contribution in [0.4, 0.5) is 0 Å². The van der Waals surface area contributed by atoms with Crippen LogP contribution in [0.5, 0.6) is 0 Å². The largest absolute Gasteiger partial charge is 0.477 e. The molecule has 1 aliphatic carbocycles. The lowest BCUT2D eigenvalue weighted by atomic mass is 10.2. The molecule has 2 rings (SSSR count). The third-order valence-electron chi connectivity index (χ3n) is 2.18. The quantitative estimate of drug-likeness (QED) is 0.821. The third kappa shape index (κ3) is 2.57. The first-order valence-electron chi connectivity index (χ1n) is 4.60. The van der Waals surface area contributed by atoms with Gasteiger partial charge in [0.05, 0.1) is 5.69 Å². The number of rotatable bonds is 4. The zero-order valence-corrected chi connectivity index (χ0v) is 9.84. The van der Waals surface area contributed by atoms with Crippen LogP contribution in [-0.2, 0) is 15.8 Å². The van der Waals surface area contributed by atoms with Gasteiger partial charge < -0.3 is 5.11 Å². The van der Waals surface area contributed by atoms with Gasteiger partial charge in [-0.3, -0.25) is 0 Å². The Kier molecular flexibility index (Phi) is 2.72. The van der Waals surface area contributed by atoms with E-state index in [-0.39, 0.29) is 15.8 Å². The average molecular weight is 262 g/mol. The van der Waals surface area contributed by atoms with Crippen molar-refractivity contribution in [2.24, 2.45) is 5.14 Å². The molecule has 1 fully saturated rings. The molecule has 0 saturated heterocycles. The van der Waals surface area contributed by atoms with Gasteiger partial charge >= 0.3 is 5.97 Å². The van der Waals surface area contributed by atoms with Crippen LogP contribution in [0.3, 0.4) is 0 Å². The lowest BCUT2D eigenvalue weighted by Crippen LogP contribution is -2.14. The van der Waals surface area contributed by atoms with Gasteiger partial charge in [-0.2, -0.15) is 0 Å². The Morgan fingerprint density at radius 2 is 2.19 bits per heavy atom. The summed E-state index contributed by atoms with van der Waals surface area (Å²) in [5.41, 5.74) is 0.510. The Morgan fingerprint density at radius 3 is 2.62 bits per heavy atom. The summed E-state index contributed by atoms with van der Waals surface area (Å²) in [5, 5.41) is 14.1. The van der Waals surface area contributed by atoms with E-state index in [1.165, 1.54) is 0 Å². The first-order valence-corrected chi connectivity index (χ1v) is 7.13. The van der Waals surface area contributed by atoms with Crippen LogP contribution in [0.15, 0.2) is 0 Å². The highest BCUT2D eigenvalue weighted by Crippen LogP contribution is 2.42. The third-order valence-corrected chi connectivity index (χ3v) is 4.10. The van der Waals surface area contributed by atoms with Crippen LogP contribution in [0.25, 0.3) is 0 Å². The van der Waals surface area contributed by atoms with Gasteiger partial charge in [0.15, 0.2) is 0 Å². The molecule has 0 bridgehead atoms. The fourth-order valence-corrected chi connectivity index (χ4v) is 3.32. The summed E-state index contributed by atoms with van der Waals surface area (Å²) in [6.07, 6.45) is 1.83. The monoisotopic (exact) mass is 262 g/mol. The fraction of sp³-hybridized carbons (Fsp3) is 0.500. The highest BCUT2D eigenvalue weighted by molar-refractivity contribution is 7.88. The predicted octanol–water partition coefficient (Wildman–Crippen LogP) is 0.507. The van der Waals surface area contributed by atoms with Crippen molar-refractivity contribution >= 4 is 27.3 Å². The predicted molar refractivity (Wildman–Crippen MR) is 57.9 cm³/mol. The van der Waals surface area contributed by atoms with E-state index in [0.717, 1.165) is 24.2 Å². The Morgan fingerprint density at radius 1 is 1.56 bits per heavy atom. The second-order valence-corrected chi connectivity index (χ2v) is 6.41. The highest BCUT2D eigenvalue weighted by Gasteiger charge is 2.32. The molecule has 1 heterocycles. The Bertz CT molecular complexity index is 530. The minimum Gasteiger partial charge on any atom is -0.477 e. The molecule has 6 nitrogen and oxygen atoms in total. The lowest BCUT2D eigenvalue weighted by molar-refractivity contribution is 0.0700. The van der Waals surface area contributed by atoms with Gasteiger partial charge in [0.1, 0.15) is 15.6 Å². The minimum atomic E-state index is -3.66. The summed E-state index contributed by atoms with van der Waals surface area (Å²) in [6.45, 7) is 0. The summed E-state index contributed by atoms with van der Waals surface area (Å²) >= 11 is 0.893. The molecule has 1 aliphatic rings. The summed E-state index contributed by atoms with van der Waals surface area (Å²) < 4.78 is 21.7. The Hall–Kier alpha value is -0.990. The Balaban J connectivity index is 2.35. The van der Waals surface area contributed by atoms with Gasteiger partial charge in [0, 0.05) is 5.92 Å². The maximum absolute atomic E-state index is 10.9. The number of nitrogens with zero attached hydrogens (tertiary/aromatic N) is 1. The molecule has 1 aromatic heterocycles. The lowest BCUT2D eigenvalue weighted by Gasteiger charge is -1.92. The van der Waals surface area contributed by atoms with E-state index >= 15 is 0 Å². The van der Waals surface area contributed by atoms with Crippen LogP contribution < -0.4 is 5.14 Å². The van der Waals surface area contributed by atoms with Gasteiger partial charge in [0.2, 0.25) is 10.0 Å². The van der Waals surface area contributed by atoms with E-state index in [9.17, 15) is 13.2 Å². The number of primary sulfonamides is 1. The first-order chi connectivity index (χ1) is 7.37. The van der Waals surface area contributed by atoms with Crippen LogP contribution in [0.2, 0.25) is 0 Å². The maximum Gasteiger partial charge on any atom is 0.347 e. The SMILES string of the molecule is NS(=O)(=O)Cc1nc(C2CC2)c(C(=O)O)s1. The average Bonchev–Trinajstić information content (AvgIpc) is 2.86. The van der Waals surface area contributed by atoms with Gasteiger partial charge in [-0.15, -0.1) is 11.3 Å². The number of aromatic nitrogens is 1. The standard InChI is InChI=1S/C8H10N2O4S2/c9-16(13,14)3-5-10-6(4-1-2-4)7(15-5)8(11)12/h4H,1-3H2,(H,11,12)(H2,9,13,14). The number of hydrogen-bond donors (Lipinski definition) is 2. The van der Waals surface area contributed by atoms with Crippen LogP contribution in [0.1, 0.15) is 39.1 Å². The molecule has 0 aromatic carbocycles. The van der Waals surface area contributed by atoms with Crippen molar-refractivity contribution < 1.29 is 18.3 Å². The molecule has 1 aromatic rings. The van der Waals surface area contributed by atoms with Crippen LogP contribution in [-0.4, -0.2) is 24.5 Å². The van der Waals surface area contributed by atoms with Crippen molar-refractivity contribution in [3.8, 4) is 0 Å². The summed E-state index contributed by atoms with van der Waals surface area (Å²) in [7, 11) is -3.66.